The molecule has 0 saturated carbocycles. The molecule has 0 saturated heterocycles. The minimum absolute atomic E-state index is 0.0850. The van der Waals surface area contributed by atoms with Crippen LogP contribution in [-0.2, 0) is 25.4 Å². The molecule has 104 valence electrons. The van der Waals surface area contributed by atoms with Crippen LogP contribution >= 0.6 is 0 Å². The normalized spacial score (nSPS) is 12.0. The van der Waals surface area contributed by atoms with Crippen molar-refractivity contribution in [1.29, 1.82) is 0 Å². The molecule has 0 bridgehead atoms. The summed E-state index contributed by atoms with van der Waals surface area (Å²) in [5, 5.41) is 8.04. The largest absolute Gasteiger partial charge is 0.348 e. The SMILES string of the molecule is Cn1cc(CNCCc2cnc[nH]2)c(C(C)(C)C)n1. The lowest BCUT2D eigenvalue weighted by atomic mass is 9.89. The zero-order valence-corrected chi connectivity index (χ0v) is 12.2. The van der Waals surface area contributed by atoms with Crippen molar-refractivity contribution in [3.63, 3.8) is 0 Å². The molecule has 0 radical (unpaired) electrons. The van der Waals surface area contributed by atoms with Crippen molar-refractivity contribution < 1.29 is 0 Å². The Bertz CT molecular complexity index is 504. The van der Waals surface area contributed by atoms with E-state index in [9.17, 15) is 0 Å². The van der Waals surface area contributed by atoms with Crippen LogP contribution in [0.15, 0.2) is 18.7 Å². The topological polar surface area (TPSA) is 58.5 Å². The molecule has 0 atom stereocenters. The first-order chi connectivity index (χ1) is 8.97. The second kappa shape index (κ2) is 5.57. The fraction of sp³-hybridized carbons (Fsp3) is 0.571. The lowest BCUT2D eigenvalue weighted by molar-refractivity contribution is 0.543. The Morgan fingerprint density at radius 1 is 1.37 bits per heavy atom. The van der Waals surface area contributed by atoms with Gasteiger partial charge in [-0.3, -0.25) is 4.68 Å². The second-order valence-electron chi connectivity index (χ2n) is 5.93. The number of H-pyrrole nitrogens is 1. The Morgan fingerprint density at radius 2 is 2.16 bits per heavy atom. The number of aromatic nitrogens is 4. The molecule has 2 rings (SSSR count). The molecule has 2 aromatic heterocycles. The van der Waals surface area contributed by atoms with Gasteiger partial charge in [0.1, 0.15) is 0 Å². The molecule has 2 aromatic rings. The average Bonchev–Trinajstić information content (AvgIpc) is 2.93. The Kier molecular flexibility index (Phi) is 4.04. The summed E-state index contributed by atoms with van der Waals surface area (Å²) < 4.78 is 1.90. The van der Waals surface area contributed by atoms with Gasteiger partial charge in [-0.15, -0.1) is 0 Å². The van der Waals surface area contributed by atoms with Crippen LogP contribution in [0.3, 0.4) is 0 Å². The van der Waals surface area contributed by atoms with E-state index in [-0.39, 0.29) is 5.41 Å². The molecule has 0 fully saturated rings. The summed E-state index contributed by atoms with van der Waals surface area (Å²) in [6.07, 6.45) is 6.65. The Morgan fingerprint density at radius 3 is 2.79 bits per heavy atom. The molecule has 0 spiro atoms. The second-order valence-corrected chi connectivity index (χ2v) is 5.93. The van der Waals surface area contributed by atoms with Crippen LogP contribution < -0.4 is 5.32 Å². The average molecular weight is 261 g/mol. The Hall–Kier alpha value is -1.62. The van der Waals surface area contributed by atoms with E-state index in [1.165, 1.54) is 11.3 Å². The van der Waals surface area contributed by atoms with E-state index in [0.717, 1.165) is 25.2 Å². The third kappa shape index (κ3) is 3.67. The molecule has 2 N–H and O–H groups in total. The molecule has 0 aromatic carbocycles. The number of nitrogens with zero attached hydrogens (tertiary/aromatic N) is 3. The fourth-order valence-electron chi connectivity index (χ4n) is 2.17. The van der Waals surface area contributed by atoms with Gasteiger partial charge in [-0.2, -0.15) is 5.10 Å². The number of aryl methyl sites for hydroxylation is 1. The number of hydrogen-bond acceptors (Lipinski definition) is 3. The predicted molar refractivity (Wildman–Crippen MR) is 75.9 cm³/mol. The van der Waals surface area contributed by atoms with E-state index >= 15 is 0 Å². The van der Waals surface area contributed by atoms with Crippen molar-refractivity contribution in [1.82, 2.24) is 25.1 Å². The van der Waals surface area contributed by atoms with E-state index < -0.39 is 0 Å². The Labute approximate surface area is 114 Å². The van der Waals surface area contributed by atoms with E-state index in [1.54, 1.807) is 6.33 Å². The molecule has 2 heterocycles. The highest BCUT2D eigenvalue weighted by atomic mass is 15.3. The van der Waals surface area contributed by atoms with Crippen LogP contribution in [0.1, 0.15) is 37.7 Å². The van der Waals surface area contributed by atoms with Crippen LogP contribution in [0.2, 0.25) is 0 Å². The first kappa shape index (κ1) is 13.8. The van der Waals surface area contributed by atoms with Gasteiger partial charge in [-0.25, -0.2) is 4.98 Å². The highest BCUT2D eigenvalue weighted by Crippen LogP contribution is 2.23. The minimum Gasteiger partial charge on any atom is -0.348 e. The molecule has 5 nitrogen and oxygen atoms in total. The van der Waals surface area contributed by atoms with Gasteiger partial charge < -0.3 is 10.3 Å². The molecule has 0 unspecified atom stereocenters. The van der Waals surface area contributed by atoms with Gasteiger partial charge in [-0.1, -0.05) is 20.8 Å². The third-order valence-electron chi connectivity index (χ3n) is 3.06. The highest BCUT2D eigenvalue weighted by Gasteiger charge is 2.21. The molecule has 0 amide bonds. The van der Waals surface area contributed by atoms with Crippen LogP contribution in [0.5, 0.6) is 0 Å². The summed E-state index contributed by atoms with van der Waals surface area (Å²) in [6, 6.07) is 0. The van der Waals surface area contributed by atoms with E-state index in [4.69, 9.17) is 0 Å². The predicted octanol–water partition coefficient (Wildman–Crippen LogP) is 1.77. The van der Waals surface area contributed by atoms with Gasteiger partial charge in [0, 0.05) is 55.6 Å². The standard InChI is InChI=1S/C14H23N5/c1-14(2,3)13-11(9-19(4)18-13)7-15-6-5-12-8-16-10-17-12/h8-10,15H,5-7H2,1-4H3,(H,16,17). The molecule has 0 aliphatic rings. The molecular weight excluding hydrogens is 238 g/mol. The van der Waals surface area contributed by atoms with Crippen molar-refractivity contribution in [2.45, 2.75) is 39.2 Å². The van der Waals surface area contributed by atoms with Crippen LogP contribution in [0.4, 0.5) is 0 Å². The van der Waals surface area contributed by atoms with Gasteiger partial charge in [0.25, 0.3) is 0 Å². The van der Waals surface area contributed by atoms with E-state index in [0.29, 0.717) is 0 Å². The van der Waals surface area contributed by atoms with E-state index in [2.05, 4.69) is 47.4 Å². The molecule has 5 heteroatoms. The summed E-state index contributed by atoms with van der Waals surface area (Å²) in [6.45, 7) is 8.38. The van der Waals surface area contributed by atoms with Crippen LogP contribution in [0.25, 0.3) is 0 Å². The maximum absolute atomic E-state index is 4.57. The summed E-state index contributed by atoms with van der Waals surface area (Å²) in [5.74, 6) is 0. The van der Waals surface area contributed by atoms with Crippen molar-refractivity contribution in [2.24, 2.45) is 7.05 Å². The zero-order valence-electron chi connectivity index (χ0n) is 12.2. The lowest BCUT2D eigenvalue weighted by Gasteiger charge is -2.17. The number of imidazole rings is 1. The van der Waals surface area contributed by atoms with Crippen molar-refractivity contribution in [3.8, 4) is 0 Å². The summed E-state index contributed by atoms with van der Waals surface area (Å²) in [5.41, 5.74) is 3.69. The Balaban J connectivity index is 1.89. The molecule has 19 heavy (non-hydrogen) atoms. The van der Waals surface area contributed by atoms with Crippen LogP contribution in [-0.4, -0.2) is 26.3 Å². The fourth-order valence-corrected chi connectivity index (χ4v) is 2.17. The molecule has 0 aliphatic heterocycles. The van der Waals surface area contributed by atoms with Gasteiger partial charge in [0.2, 0.25) is 0 Å². The summed E-state index contributed by atoms with van der Waals surface area (Å²) in [4.78, 5) is 7.12. The van der Waals surface area contributed by atoms with Crippen molar-refractivity contribution in [2.75, 3.05) is 6.54 Å². The van der Waals surface area contributed by atoms with Gasteiger partial charge in [-0.05, 0) is 0 Å². The monoisotopic (exact) mass is 261 g/mol. The summed E-state index contributed by atoms with van der Waals surface area (Å²) >= 11 is 0. The number of hydrogen-bond donors (Lipinski definition) is 2. The third-order valence-corrected chi connectivity index (χ3v) is 3.06. The smallest absolute Gasteiger partial charge is 0.0921 e. The van der Waals surface area contributed by atoms with E-state index in [1.807, 2.05) is 17.9 Å². The quantitative estimate of drug-likeness (QED) is 0.807. The highest BCUT2D eigenvalue weighted by molar-refractivity contribution is 5.23. The summed E-state index contributed by atoms with van der Waals surface area (Å²) in [7, 11) is 1.98. The van der Waals surface area contributed by atoms with Crippen molar-refractivity contribution in [3.05, 3.63) is 35.7 Å². The van der Waals surface area contributed by atoms with Gasteiger partial charge in [0.05, 0.1) is 12.0 Å². The number of rotatable bonds is 5. The first-order valence-corrected chi connectivity index (χ1v) is 6.68. The van der Waals surface area contributed by atoms with Gasteiger partial charge in [0.15, 0.2) is 0 Å². The van der Waals surface area contributed by atoms with Gasteiger partial charge >= 0.3 is 0 Å². The van der Waals surface area contributed by atoms with Crippen molar-refractivity contribution >= 4 is 0 Å². The maximum Gasteiger partial charge on any atom is 0.0921 e. The molecular formula is C14H23N5. The maximum atomic E-state index is 4.57. The number of aromatic amines is 1. The number of nitrogens with one attached hydrogen (secondary N) is 2. The first-order valence-electron chi connectivity index (χ1n) is 6.68. The minimum atomic E-state index is 0.0850. The van der Waals surface area contributed by atoms with Crippen LogP contribution in [0, 0.1) is 0 Å². The molecule has 0 aliphatic carbocycles. The zero-order chi connectivity index (χ0) is 13.9. The lowest BCUT2D eigenvalue weighted by Crippen LogP contribution is -2.20.